The Labute approximate surface area is 131 Å². The minimum absolute atomic E-state index is 0.473. The molecule has 0 spiro atoms. The first kappa shape index (κ1) is 14.9. The molecular formula is C16H25ClN4. The molecule has 3 rings (SSSR count). The highest BCUT2D eigenvalue weighted by molar-refractivity contribution is 6.16. The molecule has 0 amide bonds. The number of nitrogens with zero attached hydrogens (tertiary/aromatic N) is 4. The van der Waals surface area contributed by atoms with Crippen molar-refractivity contribution in [2.75, 3.05) is 0 Å². The van der Waals surface area contributed by atoms with E-state index >= 15 is 0 Å². The summed E-state index contributed by atoms with van der Waals surface area (Å²) < 4.78 is 4.29. The van der Waals surface area contributed by atoms with E-state index in [9.17, 15) is 0 Å². The smallest absolute Gasteiger partial charge is 0.158 e. The highest BCUT2D eigenvalue weighted by Crippen LogP contribution is 2.31. The van der Waals surface area contributed by atoms with Crippen molar-refractivity contribution in [3.63, 3.8) is 0 Å². The van der Waals surface area contributed by atoms with Gasteiger partial charge in [0.15, 0.2) is 5.65 Å². The van der Waals surface area contributed by atoms with Crippen LogP contribution in [0.5, 0.6) is 0 Å². The number of halogens is 1. The van der Waals surface area contributed by atoms with E-state index in [0.717, 1.165) is 47.5 Å². The third-order valence-electron chi connectivity index (χ3n) is 4.90. The Balaban J connectivity index is 1.94. The van der Waals surface area contributed by atoms with E-state index in [1.165, 1.54) is 25.7 Å². The van der Waals surface area contributed by atoms with Gasteiger partial charge < -0.3 is 4.57 Å². The molecular weight excluding hydrogens is 284 g/mol. The van der Waals surface area contributed by atoms with Gasteiger partial charge in [-0.15, -0.1) is 11.6 Å². The molecule has 2 aromatic heterocycles. The van der Waals surface area contributed by atoms with Crippen LogP contribution in [0, 0.1) is 11.8 Å². The van der Waals surface area contributed by atoms with Crippen molar-refractivity contribution in [1.82, 2.24) is 19.3 Å². The number of fused-ring (bicyclic) bond motifs is 1. The Morgan fingerprint density at radius 1 is 1.24 bits per heavy atom. The Morgan fingerprint density at radius 3 is 2.57 bits per heavy atom. The zero-order chi connectivity index (χ0) is 15.0. The molecule has 21 heavy (non-hydrogen) atoms. The number of aryl methyl sites for hydroxylation is 2. The zero-order valence-corrected chi connectivity index (χ0v) is 14.0. The molecule has 0 radical (unpaired) electrons. The lowest BCUT2D eigenvalue weighted by molar-refractivity contribution is 0.264. The van der Waals surface area contributed by atoms with Gasteiger partial charge in [0.05, 0.1) is 11.6 Å². The Hall–Kier alpha value is -1.03. The van der Waals surface area contributed by atoms with E-state index in [4.69, 9.17) is 16.6 Å². The quantitative estimate of drug-likeness (QED) is 0.803. The van der Waals surface area contributed by atoms with Gasteiger partial charge in [0.25, 0.3) is 0 Å². The fourth-order valence-electron chi connectivity index (χ4n) is 3.59. The van der Waals surface area contributed by atoms with Crippen LogP contribution in [0.25, 0.3) is 11.2 Å². The van der Waals surface area contributed by atoms with E-state index < -0.39 is 0 Å². The van der Waals surface area contributed by atoms with Crippen molar-refractivity contribution in [3.05, 3.63) is 11.5 Å². The summed E-state index contributed by atoms with van der Waals surface area (Å²) in [7, 11) is 2.01. The number of imidazole rings is 1. The van der Waals surface area contributed by atoms with Crippen LogP contribution in [-0.4, -0.2) is 19.3 Å². The fourth-order valence-corrected chi connectivity index (χ4v) is 3.79. The summed E-state index contributed by atoms with van der Waals surface area (Å²) in [6.45, 7) is 5.53. The second-order valence-corrected chi connectivity index (χ2v) is 6.76. The lowest BCUT2D eigenvalue weighted by Gasteiger charge is -2.27. The van der Waals surface area contributed by atoms with Crippen LogP contribution in [0.15, 0.2) is 0 Å². The first-order valence-corrected chi connectivity index (χ1v) is 8.64. The van der Waals surface area contributed by atoms with Crippen molar-refractivity contribution in [1.29, 1.82) is 0 Å². The Morgan fingerprint density at radius 2 is 1.95 bits per heavy atom. The monoisotopic (exact) mass is 308 g/mol. The number of aromatic nitrogens is 4. The van der Waals surface area contributed by atoms with E-state index in [2.05, 4.69) is 23.5 Å². The average molecular weight is 309 g/mol. The minimum Gasteiger partial charge on any atom is -0.312 e. The number of hydrogen-bond acceptors (Lipinski definition) is 2. The normalized spacial score (nSPS) is 23.0. The summed E-state index contributed by atoms with van der Waals surface area (Å²) in [5, 5.41) is 4.60. The predicted octanol–water partition coefficient (Wildman–Crippen LogP) is 3.90. The largest absolute Gasteiger partial charge is 0.312 e. The molecule has 1 aliphatic rings. The Bertz CT molecular complexity index is 620. The molecule has 116 valence electrons. The van der Waals surface area contributed by atoms with Gasteiger partial charge in [-0.25, -0.2) is 4.98 Å². The van der Waals surface area contributed by atoms with Crippen molar-refractivity contribution >= 4 is 22.8 Å². The predicted molar refractivity (Wildman–Crippen MR) is 86.6 cm³/mol. The third kappa shape index (κ3) is 2.70. The molecule has 0 aliphatic heterocycles. The first-order chi connectivity index (χ1) is 10.1. The van der Waals surface area contributed by atoms with Gasteiger partial charge >= 0.3 is 0 Å². The summed E-state index contributed by atoms with van der Waals surface area (Å²) in [4.78, 5) is 4.75. The van der Waals surface area contributed by atoms with Crippen molar-refractivity contribution in [3.8, 4) is 0 Å². The molecule has 0 bridgehead atoms. The van der Waals surface area contributed by atoms with Crippen LogP contribution >= 0.6 is 11.6 Å². The van der Waals surface area contributed by atoms with Crippen LogP contribution in [0.1, 0.15) is 51.0 Å². The molecule has 2 heterocycles. The summed E-state index contributed by atoms with van der Waals surface area (Å²) >= 11 is 6.14. The van der Waals surface area contributed by atoms with Crippen molar-refractivity contribution < 1.29 is 0 Å². The van der Waals surface area contributed by atoms with E-state index in [1.54, 1.807) is 0 Å². The van der Waals surface area contributed by atoms with Crippen LogP contribution in [0.4, 0.5) is 0 Å². The number of hydrogen-bond donors (Lipinski definition) is 0. The molecule has 1 aliphatic carbocycles. The summed E-state index contributed by atoms with van der Waals surface area (Å²) in [5.41, 5.74) is 3.26. The third-order valence-corrected chi connectivity index (χ3v) is 5.14. The molecule has 4 nitrogen and oxygen atoms in total. The molecule has 2 aromatic rings. The molecule has 0 unspecified atom stereocenters. The zero-order valence-electron chi connectivity index (χ0n) is 13.3. The number of alkyl halides is 1. The van der Waals surface area contributed by atoms with Crippen molar-refractivity contribution in [2.45, 2.75) is 58.4 Å². The maximum absolute atomic E-state index is 6.14. The molecule has 5 heteroatoms. The van der Waals surface area contributed by atoms with Gasteiger partial charge in [0.1, 0.15) is 11.3 Å². The first-order valence-electron chi connectivity index (χ1n) is 8.11. The summed E-state index contributed by atoms with van der Waals surface area (Å²) in [5.74, 6) is 3.11. The molecule has 0 aromatic carbocycles. The van der Waals surface area contributed by atoms with Crippen LogP contribution in [0.3, 0.4) is 0 Å². The Kier molecular flexibility index (Phi) is 4.25. The molecule has 0 atom stereocenters. The van der Waals surface area contributed by atoms with Crippen LogP contribution in [0.2, 0.25) is 0 Å². The SMILES string of the molecule is CCc1nn(C)c2c1nc(CCl)n2CC1CCC(C)CC1. The van der Waals surface area contributed by atoms with Crippen molar-refractivity contribution in [2.24, 2.45) is 18.9 Å². The highest BCUT2D eigenvalue weighted by Gasteiger charge is 2.23. The van der Waals surface area contributed by atoms with Gasteiger partial charge in [0.2, 0.25) is 0 Å². The van der Waals surface area contributed by atoms with E-state index in [-0.39, 0.29) is 0 Å². The van der Waals surface area contributed by atoms with E-state index in [0.29, 0.717) is 5.88 Å². The standard InChI is InChI=1S/C16H25ClN4/c1-4-13-15-16(20(3)19-13)21(14(9-17)18-15)10-12-7-5-11(2)6-8-12/h11-12H,4-10H2,1-3H3. The van der Waals surface area contributed by atoms with Gasteiger partial charge in [-0.1, -0.05) is 26.7 Å². The molecule has 1 saturated carbocycles. The van der Waals surface area contributed by atoms with Crippen LogP contribution in [-0.2, 0) is 25.9 Å². The second kappa shape index (κ2) is 5.99. The topological polar surface area (TPSA) is 35.6 Å². The molecule has 1 fully saturated rings. The van der Waals surface area contributed by atoms with Gasteiger partial charge in [-0.2, -0.15) is 5.10 Å². The van der Waals surface area contributed by atoms with Gasteiger partial charge in [0, 0.05) is 13.6 Å². The van der Waals surface area contributed by atoms with Crippen LogP contribution < -0.4 is 0 Å². The fraction of sp³-hybridized carbons (Fsp3) is 0.750. The minimum atomic E-state index is 0.473. The number of rotatable bonds is 4. The lowest BCUT2D eigenvalue weighted by Crippen LogP contribution is -2.19. The summed E-state index contributed by atoms with van der Waals surface area (Å²) in [6.07, 6.45) is 6.26. The lowest BCUT2D eigenvalue weighted by atomic mass is 9.83. The second-order valence-electron chi connectivity index (χ2n) is 6.49. The molecule has 0 N–H and O–H groups in total. The summed E-state index contributed by atoms with van der Waals surface area (Å²) in [6, 6.07) is 0. The van der Waals surface area contributed by atoms with Gasteiger partial charge in [-0.3, -0.25) is 4.68 Å². The van der Waals surface area contributed by atoms with E-state index in [1.807, 2.05) is 11.7 Å². The maximum Gasteiger partial charge on any atom is 0.158 e. The molecule has 0 saturated heterocycles. The average Bonchev–Trinajstić information content (AvgIpc) is 2.99. The highest BCUT2D eigenvalue weighted by atomic mass is 35.5. The van der Waals surface area contributed by atoms with Gasteiger partial charge in [-0.05, 0) is 31.1 Å². The maximum atomic E-state index is 6.14.